The van der Waals surface area contributed by atoms with Crippen LogP contribution in [0.25, 0.3) is 0 Å². The molecule has 0 spiro atoms. The van der Waals surface area contributed by atoms with E-state index in [1.165, 1.54) is 11.3 Å². The molecule has 1 aliphatic rings. The lowest BCUT2D eigenvalue weighted by Gasteiger charge is -2.28. The minimum Gasteiger partial charge on any atom is -0.399 e. The van der Waals surface area contributed by atoms with Crippen molar-refractivity contribution in [2.45, 2.75) is 57.6 Å². The molecule has 2 heterocycles. The fraction of sp³-hybridized carbons (Fsp3) is 0.591. The number of ether oxygens (including phenoxy) is 1. The fourth-order valence-corrected chi connectivity index (χ4v) is 5.01. The van der Waals surface area contributed by atoms with E-state index in [2.05, 4.69) is 77.5 Å². The maximum Gasteiger partial charge on any atom is 0.243 e. The summed E-state index contributed by atoms with van der Waals surface area (Å²) in [5.74, 6) is 0. The lowest BCUT2D eigenvalue weighted by molar-refractivity contribution is -0.671. The van der Waals surface area contributed by atoms with Crippen LogP contribution in [0.5, 0.6) is 0 Å². The maximum absolute atomic E-state index is 6.32. The van der Waals surface area contributed by atoms with Gasteiger partial charge in [-0.3, -0.25) is 0 Å². The summed E-state index contributed by atoms with van der Waals surface area (Å²) in [6.07, 6.45) is 8.76. The van der Waals surface area contributed by atoms with Crippen LogP contribution in [0.4, 0.5) is 11.4 Å². The number of rotatable bonds is 8. The van der Waals surface area contributed by atoms with Crippen LogP contribution in [0.15, 0.2) is 36.9 Å². The molecule has 1 aromatic heterocycles. The normalized spacial score (nSPS) is 18.6. The summed E-state index contributed by atoms with van der Waals surface area (Å²) in [4.78, 5) is 2.45. The molecule has 0 saturated carbocycles. The Morgan fingerprint density at radius 1 is 1.32 bits per heavy atom. The molecular formula is C22H37N4OSi+. The second-order valence-corrected chi connectivity index (χ2v) is 14.9. The van der Waals surface area contributed by atoms with E-state index >= 15 is 0 Å². The van der Waals surface area contributed by atoms with Gasteiger partial charge in [-0.2, -0.15) is 0 Å². The third-order valence-corrected chi connectivity index (χ3v) is 8.99. The van der Waals surface area contributed by atoms with Gasteiger partial charge in [-0.05, 0) is 35.7 Å². The molecule has 3 rings (SSSR count). The topological polar surface area (TPSA) is 47.3 Å². The SMILES string of the molecule is CC(c1cc(N2CCC(OCCCn3cc[n+](C)c3)C2)ccc1N)[Si](C)(C)C. The lowest BCUT2D eigenvalue weighted by Crippen LogP contribution is -2.30. The number of benzene rings is 1. The summed E-state index contributed by atoms with van der Waals surface area (Å²) < 4.78 is 10.4. The molecule has 0 radical (unpaired) electrons. The Labute approximate surface area is 171 Å². The maximum atomic E-state index is 6.32. The first-order valence-electron chi connectivity index (χ1n) is 10.5. The van der Waals surface area contributed by atoms with E-state index in [9.17, 15) is 0 Å². The Kier molecular flexibility index (Phi) is 6.50. The summed E-state index contributed by atoms with van der Waals surface area (Å²) in [5, 5.41) is 0. The molecule has 2 atom stereocenters. The number of aromatic nitrogens is 2. The summed E-state index contributed by atoms with van der Waals surface area (Å²) in [5.41, 5.74) is 10.4. The van der Waals surface area contributed by atoms with Crippen LogP contribution in [-0.4, -0.2) is 38.4 Å². The van der Waals surface area contributed by atoms with Crippen molar-refractivity contribution in [3.8, 4) is 0 Å². The van der Waals surface area contributed by atoms with Crippen molar-refractivity contribution in [3.63, 3.8) is 0 Å². The van der Waals surface area contributed by atoms with Crippen molar-refractivity contribution in [1.29, 1.82) is 0 Å². The third-order valence-electron chi connectivity index (χ3n) is 6.08. The Bertz CT molecular complexity index is 783. The van der Waals surface area contributed by atoms with Crippen LogP contribution in [-0.2, 0) is 18.3 Å². The molecule has 1 saturated heterocycles. The molecule has 6 heteroatoms. The van der Waals surface area contributed by atoms with Crippen LogP contribution in [0, 0.1) is 0 Å². The zero-order valence-electron chi connectivity index (χ0n) is 18.2. The molecular weight excluding hydrogens is 364 g/mol. The number of nitrogens with zero attached hydrogens (tertiary/aromatic N) is 3. The van der Waals surface area contributed by atoms with E-state index in [-0.39, 0.29) is 0 Å². The molecule has 2 aromatic rings. The van der Waals surface area contributed by atoms with Gasteiger partial charge in [0.25, 0.3) is 0 Å². The Hall–Kier alpha value is -1.79. The fourth-order valence-electron chi connectivity index (χ4n) is 3.83. The average Bonchev–Trinajstić information content (AvgIpc) is 3.27. The van der Waals surface area contributed by atoms with E-state index in [4.69, 9.17) is 10.5 Å². The van der Waals surface area contributed by atoms with Crippen LogP contribution in [0.2, 0.25) is 19.6 Å². The van der Waals surface area contributed by atoms with Crippen LogP contribution in [0.1, 0.15) is 30.9 Å². The van der Waals surface area contributed by atoms with Crippen molar-refractivity contribution in [3.05, 3.63) is 42.5 Å². The van der Waals surface area contributed by atoms with Gasteiger partial charge in [0.05, 0.1) is 34.4 Å². The van der Waals surface area contributed by atoms with E-state index < -0.39 is 8.07 Å². The summed E-state index contributed by atoms with van der Waals surface area (Å²) >= 11 is 0. The van der Waals surface area contributed by atoms with Gasteiger partial charge in [0.15, 0.2) is 0 Å². The van der Waals surface area contributed by atoms with Gasteiger partial charge in [0.1, 0.15) is 12.4 Å². The quantitative estimate of drug-likeness (QED) is 0.318. The van der Waals surface area contributed by atoms with Gasteiger partial charge in [-0.15, -0.1) is 0 Å². The molecule has 2 unspecified atom stereocenters. The first-order valence-corrected chi connectivity index (χ1v) is 14.1. The Morgan fingerprint density at radius 3 is 2.79 bits per heavy atom. The van der Waals surface area contributed by atoms with Gasteiger partial charge >= 0.3 is 0 Å². The molecule has 1 fully saturated rings. The monoisotopic (exact) mass is 401 g/mol. The lowest BCUT2D eigenvalue weighted by atomic mass is 10.1. The van der Waals surface area contributed by atoms with Crippen molar-refractivity contribution < 1.29 is 9.30 Å². The summed E-state index contributed by atoms with van der Waals surface area (Å²) in [6, 6.07) is 6.59. The average molecular weight is 402 g/mol. The molecule has 28 heavy (non-hydrogen) atoms. The minimum absolute atomic E-state index is 0.330. The van der Waals surface area contributed by atoms with E-state index in [1.807, 2.05) is 7.05 Å². The number of nitrogens with two attached hydrogens (primary N) is 1. The zero-order valence-corrected chi connectivity index (χ0v) is 19.2. The highest BCUT2D eigenvalue weighted by Gasteiger charge is 2.28. The Morgan fingerprint density at radius 2 is 2.11 bits per heavy atom. The molecule has 2 N–H and O–H groups in total. The highest BCUT2D eigenvalue weighted by Crippen LogP contribution is 2.34. The first-order chi connectivity index (χ1) is 13.2. The molecule has 0 amide bonds. The largest absolute Gasteiger partial charge is 0.399 e. The van der Waals surface area contributed by atoms with Crippen LogP contribution < -0.4 is 15.2 Å². The molecule has 5 nitrogen and oxygen atoms in total. The highest BCUT2D eigenvalue weighted by atomic mass is 28.3. The standard InChI is InChI=1S/C22H37N4OSi/c1-18(28(3,4)5)21-15-19(7-8-22(21)23)26-11-9-20(16-26)27-14-6-10-25-13-12-24(2)17-25/h7-8,12-13,15,17-18,20H,6,9-11,14,16,23H2,1-5H3/q+1. The van der Waals surface area contributed by atoms with Crippen molar-refractivity contribution >= 4 is 19.4 Å². The van der Waals surface area contributed by atoms with Gasteiger partial charge in [0, 0.05) is 30.9 Å². The number of hydrogen-bond acceptors (Lipinski definition) is 3. The smallest absolute Gasteiger partial charge is 0.243 e. The zero-order chi connectivity index (χ0) is 20.3. The van der Waals surface area contributed by atoms with Gasteiger partial charge in [0.2, 0.25) is 6.33 Å². The van der Waals surface area contributed by atoms with E-state index in [0.29, 0.717) is 11.6 Å². The molecule has 154 valence electrons. The second-order valence-electron chi connectivity index (χ2n) is 9.30. The molecule has 0 bridgehead atoms. The van der Waals surface area contributed by atoms with Crippen LogP contribution >= 0.6 is 0 Å². The number of aryl methyl sites for hydroxylation is 2. The van der Waals surface area contributed by atoms with E-state index in [1.54, 1.807) is 0 Å². The molecule has 1 aromatic carbocycles. The molecule has 1 aliphatic heterocycles. The van der Waals surface area contributed by atoms with Crippen LogP contribution in [0.3, 0.4) is 0 Å². The highest BCUT2D eigenvalue weighted by molar-refractivity contribution is 6.77. The van der Waals surface area contributed by atoms with E-state index in [0.717, 1.165) is 44.8 Å². The minimum atomic E-state index is -1.28. The number of imidazole rings is 1. The Balaban J connectivity index is 1.52. The predicted octanol–water partition coefficient (Wildman–Crippen LogP) is 3.56. The van der Waals surface area contributed by atoms with Gasteiger partial charge in [-0.25, -0.2) is 9.13 Å². The first kappa shape index (κ1) is 20.9. The van der Waals surface area contributed by atoms with Crippen molar-refractivity contribution in [2.24, 2.45) is 7.05 Å². The number of anilines is 2. The number of hydrogen-bond donors (Lipinski definition) is 1. The van der Waals surface area contributed by atoms with Gasteiger partial charge in [-0.1, -0.05) is 26.6 Å². The van der Waals surface area contributed by atoms with Gasteiger partial charge < -0.3 is 15.4 Å². The van der Waals surface area contributed by atoms with Crippen molar-refractivity contribution in [2.75, 3.05) is 30.3 Å². The third kappa shape index (κ3) is 5.17. The second kappa shape index (κ2) is 8.70. The predicted molar refractivity (Wildman–Crippen MR) is 119 cm³/mol. The van der Waals surface area contributed by atoms with Crippen molar-refractivity contribution in [1.82, 2.24) is 4.57 Å². The summed E-state index contributed by atoms with van der Waals surface area (Å²) in [6.45, 7) is 13.4. The molecule has 0 aliphatic carbocycles. The number of nitrogen functional groups attached to an aromatic ring is 1. The summed E-state index contributed by atoms with van der Waals surface area (Å²) in [7, 11) is 0.765.